The molecule has 5 amide bonds. The van der Waals surface area contributed by atoms with Gasteiger partial charge in [-0.15, -0.1) is 0 Å². The number of hydrogen-bond donors (Lipinski definition) is 4. The lowest BCUT2D eigenvalue weighted by Gasteiger charge is -2.38. The van der Waals surface area contributed by atoms with Gasteiger partial charge in [-0.2, -0.15) is 0 Å². The van der Waals surface area contributed by atoms with Gasteiger partial charge < -0.3 is 45.1 Å². The molecule has 0 unspecified atom stereocenters. The minimum Gasteiger partial charge on any atom is -0.485 e. The van der Waals surface area contributed by atoms with E-state index in [1.807, 2.05) is 49.4 Å². The lowest BCUT2D eigenvalue weighted by atomic mass is 9.99. The average molecular weight is 640 g/mol. The summed E-state index contributed by atoms with van der Waals surface area (Å²) in [6.07, 6.45) is -0.591. The first-order valence-corrected chi connectivity index (χ1v) is 15.4. The third-order valence-electron chi connectivity index (χ3n) is 8.40. The first-order valence-electron chi connectivity index (χ1n) is 15.4. The molecule has 0 saturated carbocycles. The Kier molecular flexibility index (Phi) is 9.03. The van der Waals surface area contributed by atoms with Crippen LogP contribution in [0.15, 0.2) is 78.9 Å². The molecule has 0 spiro atoms. The average Bonchev–Trinajstić information content (AvgIpc) is 3.54. The van der Waals surface area contributed by atoms with Crippen molar-refractivity contribution in [1.29, 1.82) is 0 Å². The molecule has 12 nitrogen and oxygen atoms in total. The number of amides is 5. The zero-order valence-corrected chi connectivity index (χ0v) is 26.4. The van der Waals surface area contributed by atoms with Crippen LogP contribution < -0.4 is 30.2 Å². The van der Waals surface area contributed by atoms with Crippen LogP contribution in [0.2, 0.25) is 0 Å². The van der Waals surface area contributed by atoms with E-state index in [9.17, 15) is 19.5 Å². The van der Waals surface area contributed by atoms with Gasteiger partial charge in [0.1, 0.15) is 6.10 Å². The van der Waals surface area contributed by atoms with Crippen molar-refractivity contribution in [1.82, 2.24) is 9.80 Å². The summed E-state index contributed by atoms with van der Waals surface area (Å²) in [6.45, 7) is 4.02. The van der Waals surface area contributed by atoms with Gasteiger partial charge in [0.2, 0.25) is 6.79 Å². The predicted molar refractivity (Wildman–Crippen MR) is 178 cm³/mol. The summed E-state index contributed by atoms with van der Waals surface area (Å²) in [5.74, 6) is 0.740. The number of nitrogens with one attached hydrogen (secondary N) is 3. The van der Waals surface area contributed by atoms with Crippen LogP contribution in [0.3, 0.4) is 0 Å². The highest BCUT2D eigenvalue weighted by Gasteiger charge is 2.35. The van der Waals surface area contributed by atoms with Crippen LogP contribution in [0, 0.1) is 5.92 Å². The van der Waals surface area contributed by atoms with Gasteiger partial charge in [0, 0.05) is 36.7 Å². The van der Waals surface area contributed by atoms with E-state index in [4.69, 9.17) is 14.2 Å². The SMILES string of the molecule is C[C@@H]1CN([C@H](C)CO)C(=O)c2cccc(NC(=O)Nc3cccc4ccccc34)c2O[C@H]1CN(C)C(=O)Nc1ccc2c(c1)OCO2. The lowest BCUT2D eigenvalue weighted by molar-refractivity contribution is 0.0373. The molecule has 0 aliphatic carbocycles. The second kappa shape index (κ2) is 13.5. The van der Waals surface area contributed by atoms with Crippen molar-refractivity contribution < 1.29 is 33.7 Å². The van der Waals surface area contributed by atoms with E-state index in [0.29, 0.717) is 22.9 Å². The van der Waals surface area contributed by atoms with Gasteiger partial charge in [-0.3, -0.25) is 4.79 Å². The monoisotopic (exact) mass is 639 g/mol. The van der Waals surface area contributed by atoms with Gasteiger partial charge in [-0.05, 0) is 42.6 Å². The molecule has 6 rings (SSSR count). The molecule has 4 aromatic carbocycles. The molecule has 2 heterocycles. The lowest BCUT2D eigenvalue weighted by Crippen LogP contribution is -2.50. The summed E-state index contributed by atoms with van der Waals surface area (Å²) in [7, 11) is 1.65. The standard InChI is InChI=1S/C35H37N5O7/c1-21-17-40(22(2)19-41)33(42)26-11-7-13-28(38-34(43)37-27-12-6-9-23-8-4-5-10-25(23)27)32(26)47-31(21)18-39(3)35(44)36-24-14-15-29-30(16-24)46-20-45-29/h4-16,21-22,31,41H,17-20H2,1-3H3,(H,36,44)(H2,37,38,43)/t21-,22-,31+/m1/s1. The van der Waals surface area contributed by atoms with E-state index in [1.165, 1.54) is 4.90 Å². The molecular weight excluding hydrogens is 602 g/mol. The largest absolute Gasteiger partial charge is 0.485 e. The van der Waals surface area contributed by atoms with E-state index >= 15 is 0 Å². The molecule has 0 fully saturated rings. The number of aliphatic hydroxyl groups is 1. The summed E-state index contributed by atoms with van der Waals surface area (Å²) in [4.78, 5) is 43.6. The minimum absolute atomic E-state index is 0.126. The fraction of sp³-hybridized carbons (Fsp3) is 0.286. The Morgan fingerprint density at radius 2 is 1.68 bits per heavy atom. The number of anilines is 3. The highest BCUT2D eigenvalue weighted by atomic mass is 16.7. The highest BCUT2D eigenvalue weighted by Crippen LogP contribution is 2.36. The quantitative estimate of drug-likeness (QED) is 0.206. The Bertz CT molecular complexity index is 1810. The molecule has 4 N–H and O–H groups in total. The minimum atomic E-state index is -0.591. The number of benzene rings is 4. The van der Waals surface area contributed by atoms with Crippen LogP contribution in [0.5, 0.6) is 17.2 Å². The molecule has 244 valence electrons. The summed E-state index contributed by atoms with van der Waals surface area (Å²) < 4.78 is 17.3. The number of rotatable bonds is 7. The fourth-order valence-electron chi connectivity index (χ4n) is 5.72. The Morgan fingerprint density at radius 1 is 0.957 bits per heavy atom. The van der Waals surface area contributed by atoms with Crippen molar-refractivity contribution in [3.05, 3.63) is 84.4 Å². The smallest absolute Gasteiger partial charge is 0.323 e. The predicted octanol–water partition coefficient (Wildman–Crippen LogP) is 5.60. The van der Waals surface area contributed by atoms with E-state index in [1.54, 1.807) is 55.3 Å². The summed E-state index contributed by atoms with van der Waals surface area (Å²) in [5, 5.41) is 20.5. The third kappa shape index (κ3) is 6.73. The summed E-state index contributed by atoms with van der Waals surface area (Å²) >= 11 is 0. The Morgan fingerprint density at radius 3 is 2.51 bits per heavy atom. The number of para-hydroxylation sites is 1. The molecule has 0 bridgehead atoms. The van der Waals surface area contributed by atoms with Crippen molar-refractivity contribution >= 4 is 45.8 Å². The van der Waals surface area contributed by atoms with Gasteiger partial charge in [-0.1, -0.05) is 49.4 Å². The molecule has 2 aliphatic rings. The van der Waals surface area contributed by atoms with E-state index < -0.39 is 18.2 Å². The summed E-state index contributed by atoms with van der Waals surface area (Å²) in [6, 6.07) is 22.1. The van der Waals surface area contributed by atoms with E-state index in [0.717, 1.165) is 10.8 Å². The maximum Gasteiger partial charge on any atom is 0.323 e. The first kappa shape index (κ1) is 31.5. The van der Waals surface area contributed by atoms with Crippen molar-refractivity contribution in [3.63, 3.8) is 0 Å². The van der Waals surface area contributed by atoms with Gasteiger partial charge in [0.15, 0.2) is 17.2 Å². The molecule has 12 heteroatoms. The second-order valence-electron chi connectivity index (χ2n) is 11.8. The van der Waals surface area contributed by atoms with Crippen LogP contribution in [-0.4, -0.2) is 78.6 Å². The number of carbonyl (C=O) groups is 3. The topological polar surface area (TPSA) is 142 Å². The van der Waals surface area contributed by atoms with Crippen molar-refractivity contribution in [3.8, 4) is 17.2 Å². The van der Waals surface area contributed by atoms with Gasteiger partial charge >= 0.3 is 12.1 Å². The number of urea groups is 2. The van der Waals surface area contributed by atoms with Crippen molar-refractivity contribution in [2.45, 2.75) is 26.0 Å². The van der Waals surface area contributed by atoms with Crippen LogP contribution >= 0.6 is 0 Å². The zero-order chi connectivity index (χ0) is 33.1. The van der Waals surface area contributed by atoms with Gasteiger partial charge in [0.25, 0.3) is 5.91 Å². The van der Waals surface area contributed by atoms with E-state index in [2.05, 4.69) is 16.0 Å². The third-order valence-corrected chi connectivity index (χ3v) is 8.40. The Hall–Kier alpha value is -5.49. The van der Waals surface area contributed by atoms with Gasteiger partial charge in [0.05, 0.1) is 36.1 Å². The first-order chi connectivity index (χ1) is 22.7. The van der Waals surface area contributed by atoms with E-state index in [-0.39, 0.29) is 61.3 Å². The van der Waals surface area contributed by atoms with Crippen LogP contribution in [0.25, 0.3) is 10.8 Å². The fourth-order valence-corrected chi connectivity index (χ4v) is 5.72. The van der Waals surface area contributed by atoms with Crippen molar-refractivity contribution in [2.75, 3.05) is 49.5 Å². The molecule has 47 heavy (non-hydrogen) atoms. The number of fused-ring (bicyclic) bond motifs is 3. The number of nitrogens with zero attached hydrogens (tertiary/aromatic N) is 2. The molecule has 4 aromatic rings. The number of carbonyl (C=O) groups excluding carboxylic acids is 3. The maximum atomic E-state index is 13.8. The molecule has 3 atom stereocenters. The molecule has 2 aliphatic heterocycles. The second-order valence-corrected chi connectivity index (χ2v) is 11.8. The number of aliphatic hydroxyl groups excluding tert-OH is 1. The van der Waals surface area contributed by atoms with Crippen LogP contribution in [0.4, 0.5) is 26.7 Å². The molecular formula is C35H37N5O7. The Labute approximate surface area is 272 Å². The number of ether oxygens (including phenoxy) is 3. The van der Waals surface area contributed by atoms with Crippen molar-refractivity contribution in [2.24, 2.45) is 5.92 Å². The summed E-state index contributed by atoms with van der Waals surface area (Å²) in [5.41, 5.74) is 1.69. The maximum absolute atomic E-state index is 13.8. The zero-order valence-electron chi connectivity index (χ0n) is 26.4. The normalized spacial score (nSPS) is 17.5. The Balaban J connectivity index is 1.25. The molecule has 0 radical (unpaired) electrons. The highest BCUT2D eigenvalue weighted by molar-refractivity contribution is 6.08. The number of hydrogen-bond acceptors (Lipinski definition) is 7. The number of likely N-dealkylation sites (N-methyl/N-ethyl adjacent to an activating group) is 1. The van der Waals surface area contributed by atoms with Crippen LogP contribution in [-0.2, 0) is 0 Å². The van der Waals surface area contributed by atoms with Crippen LogP contribution in [0.1, 0.15) is 24.2 Å². The molecule has 0 saturated heterocycles. The molecule has 0 aromatic heterocycles. The van der Waals surface area contributed by atoms with Gasteiger partial charge in [-0.25, -0.2) is 9.59 Å².